The summed E-state index contributed by atoms with van der Waals surface area (Å²) in [5.74, 6) is -0.236. The highest BCUT2D eigenvalue weighted by Crippen LogP contribution is 2.25. The van der Waals surface area contributed by atoms with E-state index in [9.17, 15) is 4.39 Å². The molecule has 3 nitrogen and oxygen atoms in total. The van der Waals surface area contributed by atoms with Gasteiger partial charge in [0.05, 0.1) is 17.7 Å². The first-order chi connectivity index (χ1) is 9.16. The zero-order valence-corrected chi connectivity index (χ0v) is 11.1. The standard InChI is InChI=1S/C15H18FN3/c1-10(17)11-6-7-14(12(16)8-11)19-9-18-13-4-2-3-5-15(13)19/h6-10H,2-5,17H2,1H3/t10-/m0/s1. The molecule has 0 amide bonds. The van der Waals surface area contributed by atoms with Gasteiger partial charge in [-0.05, 0) is 50.3 Å². The molecule has 1 atom stereocenters. The summed E-state index contributed by atoms with van der Waals surface area (Å²) >= 11 is 0. The summed E-state index contributed by atoms with van der Waals surface area (Å²) in [4.78, 5) is 4.40. The van der Waals surface area contributed by atoms with Gasteiger partial charge in [-0.15, -0.1) is 0 Å². The van der Waals surface area contributed by atoms with Gasteiger partial charge in [-0.2, -0.15) is 0 Å². The Morgan fingerprint density at radius 2 is 2.11 bits per heavy atom. The first-order valence-electron chi connectivity index (χ1n) is 6.77. The average Bonchev–Trinajstić information content (AvgIpc) is 2.82. The van der Waals surface area contributed by atoms with Gasteiger partial charge >= 0.3 is 0 Å². The summed E-state index contributed by atoms with van der Waals surface area (Å²) in [6, 6.07) is 5.05. The number of hydrogen-bond donors (Lipinski definition) is 1. The summed E-state index contributed by atoms with van der Waals surface area (Å²) in [6.45, 7) is 1.85. The van der Waals surface area contributed by atoms with Gasteiger partial charge in [-0.25, -0.2) is 9.37 Å². The zero-order chi connectivity index (χ0) is 13.4. The number of benzene rings is 1. The second kappa shape index (κ2) is 4.78. The predicted molar refractivity (Wildman–Crippen MR) is 72.8 cm³/mol. The van der Waals surface area contributed by atoms with Crippen LogP contribution in [0.5, 0.6) is 0 Å². The summed E-state index contributed by atoms with van der Waals surface area (Å²) in [6.07, 6.45) is 6.04. The minimum Gasteiger partial charge on any atom is -0.324 e. The Morgan fingerprint density at radius 1 is 1.32 bits per heavy atom. The molecule has 0 bridgehead atoms. The van der Waals surface area contributed by atoms with Crippen molar-refractivity contribution in [3.63, 3.8) is 0 Å². The first kappa shape index (κ1) is 12.4. The Morgan fingerprint density at radius 3 is 2.84 bits per heavy atom. The minimum absolute atomic E-state index is 0.153. The Hall–Kier alpha value is -1.68. The van der Waals surface area contributed by atoms with Crippen LogP contribution in [0, 0.1) is 5.82 Å². The number of rotatable bonds is 2. The van der Waals surface area contributed by atoms with Gasteiger partial charge in [-0.1, -0.05) is 6.07 Å². The van der Waals surface area contributed by atoms with E-state index in [1.165, 1.54) is 12.5 Å². The van der Waals surface area contributed by atoms with E-state index in [1.54, 1.807) is 12.4 Å². The van der Waals surface area contributed by atoms with Gasteiger partial charge in [0.15, 0.2) is 0 Å². The average molecular weight is 259 g/mol. The lowest BCUT2D eigenvalue weighted by molar-refractivity contribution is 0.604. The highest BCUT2D eigenvalue weighted by Gasteiger charge is 2.18. The van der Waals surface area contributed by atoms with Crippen molar-refractivity contribution in [3.05, 3.63) is 47.3 Å². The molecule has 1 heterocycles. The van der Waals surface area contributed by atoms with Crippen LogP contribution in [0.2, 0.25) is 0 Å². The zero-order valence-electron chi connectivity index (χ0n) is 11.1. The molecular weight excluding hydrogens is 241 g/mol. The molecule has 0 saturated carbocycles. The van der Waals surface area contributed by atoms with Crippen LogP contribution in [0.3, 0.4) is 0 Å². The molecule has 1 aromatic heterocycles. The van der Waals surface area contributed by atoms with Crippen LogP contribution in [0.4, 0.5) is 4.39 Å². The van der Waals surface area contributed by atoms with E-state index in [1.807, 2.05) is 17.6 Å². The topological polar surface area (TPSA) is 43.8 Å². The lowest BCUT2D eigenvalue weighted by atomic mass is 10.0. The van der Waals surface area contributed by atoms with Crippen LogP contribution >= 0.6 is 0 Å². The van der Waals surface area contributed by atoms with Crippen molar-refractivity contribution in [3.8, 4) is 5.69 Å². The highest BCUT2D eigenvalue weighted by atomic mass is 19.1. The van der Waals surface area contributed by atoms with Crippen LogP contribution in [0.25, 0.3) is 5.69 Å². The van der Waals surface area contributed by atoms with Crippen molar-refractivity contribution in [1.82, 2.24) is 9.55 Å². The Kier molecular flexibility index (Phi) is 3.11. The lowest BCUT2D eigenvalue weighted by Gasteiger charge is -2.15. The van der Waals surface area contributed by atoms with Crippen molar-refractivity contribution < 1.29 is 4.39 Å². The largest absolute Gasteiger partial charge is 0.324 e. The van der Waals surface area contributed by atoms with Crippen molar-refractivity contribution in [1.29, 1.82) is 0 Å². The normalized spacial score (nSPS) is 16.2. The molecule has 0 radical (unpaired) electrons. The molecule has 4 heteroatoms. The van der Waals surface area contributed by atoms with Crippen molar-refractivity contribution >= 4 is 0 Å². The molecule has 1 aliphatic rings. The second-order valence-electron chi connectivity index (χ2n) is 5.21. The molecule has 2 aromatic rings. The number of imidazole rings is 1. The Balaban J connectivity index is 2.05. The van der Waals surface area contributed by atoms with Gasteiger partial charge in [0.25, 0.3) is 0 Å². The molecular formula is C15H18FN3. The smallest absolute Gasteiger partial charge is 0.147 e. The fraction of sp³-hybridized carbons (Fsp3) is 0.400. The third kappa shape index (κ3) is 2.16. The van der Waals surface area contributed by atoms with Crippen LogP contribution in [-0.2, 0) is 12.8 Å². The number of aryl methyl sites for hydroxylation is 1. The van der Waals surface area contributed by atoms with Gasteiger partial charge in [0.2, 0.25) is 0 Å². The number of nitrogens with zero attached hydrogens (tertiary/aromatic N) is 2. The summed E-state index contributed by atoms with van der Waals surface area (Å²) in [7, 11) is 0. The number of halogens is 1. The minimum atomic E-state index is -0.236. The third-order valence-electron chi connectivity index (χ3n) is 3.79. The molecule has 0 fully saturated rings. The number of fused-ring (bicyclic) bond motifs is 1. The molecule has 1 aromatic carbocycles. The van der Waals surface area contributed by atoms with E-state index in [2.05, 4.69) is 4.98 Å². The van der Waals surface area contributed by atoms with Crippen LogP contribution in [0.15, 0.2) is 24.5 Å². The van der Waals surface area contributed by atoms with E-state index in [0.717, 1.165) is 36.2 Å². The second-order valence-corrected chi connectivity index (χ2v) is 5.21. The summed E-state index contributed by atoms with van der Waals surface area (Å²) in [5, 5.41) is 0. The summed E-state index contributed by atoms with van der Waals surface area (Å²) < 4.78 is 16.1. The van der Waals surface area contributed by atoms with Crippen molar-refractivity contribution in [2.75, 3.05) is 0 Å². The number of aromatic nitrogens is 2. The van der Waals surface area contributed by atoms with Crippen molar-refractivity contribution in [2.45, 2.75) is 38.6 Å². The van der Waals surface area contributed by atoms with E-state index in [0.29, 0.717) is 5.69 Å². The molecule has 1 aliphatic carbocycles. The predicted octanol–water partition coefficient (Wildman–Crippen LogP) is 2.91. The Labute approximate surface area is 112 Å². The van der Waals surface area contributed by atoms with E-state index in [-0.39, 0.29) is 11.9 Å². The molecule has 3 rings (SSSR count). The Bertz CT molecular complexity index is 601. The van der Waals surface area contributed by atoms with Crippen LogP contribution in [-0.4, -0.2) is 9.55 Å². The fourth-order valence-corrected chi connectivity index (χ4v) is 2.68. The maximum absolute atomic E-state index is 14.2. The van der Waals surface area contributed by atoms with E-state index >= 15 is 0 Å². The maximum atomic E-state index is 14.2. The number of nitrogens with two attached hydrogens (primary N) is 1. The SMILES string of the molecule is C[C@H](N)c1ccc(-n2cnc3c2CCCC3)c(F)c1. The van der Waals surface area contributed by atoms with Gasteiger partial charge in [-0.3, -0.25) is 0 Å². The molecule has 0 spiro atoms. The van der Waals surface area contributed by atoms with Crippen molar-refractivity contribution in [2.24, 2.45) is 5.73 Å². The van der Waals surface area contributed by atoms with Gasteiger partial charge in [0.1, 0.15) is 5.82 Å². The maximum Gasteiger partial charge on any atom is 0.147 e. The molecule has 2 N–H and O–H groups in total. The van der Waals surface area contributed by atoms with Crippen LogP contribution < -0.4 is 5.73 Å². The van der Waals surface area contributed by atoms with Gasteiger partial charge < -0.3 is 10.3 Å². The fourth-order valence-electron chi connectivity index (χ4n) is 2.68. The van der Waals surface area contributed by atoms with E-state index in [4.69, 9.17) is 5.73 Å². The molecule has 0 unspecified atom stereocenters. The highest BCUT2D eigenvalue weighted by molar-refractivity contribution is 5.40. The molecule has 19 heavy (non-hydrogen) atoms. The number of hydrogen-bond acceptors (Lipinski definition) is 2. The van der Waals surface area contributed by atoms with E-state index < -0.39 is 0 Å². The lowest BCUT2D eigenvalue weighted by Crippen LogP contribution is -2.09. The summed E-state index contributed by atoms with van der Waals surface area (Å²) in [5.41, 5.74) is 9.43. The molecule has 0 saturated heterocycles. The third-order valence-corrected chi connectivity index (χ3v) is 3.79. The molecule has 100 valence electrons. The molecule has 0 aliphatic heterocycles. The first-order valence-corrected chi connectivity index (χ1v) is 6.77. The quantitative estimate of drug-likeness (QED) is 0.901. The monoisotopic (exact) mass is 259 g/mol. The van der Waals surface area contributed by atoms with Crippen LogP contribution in [0.1, 0.15) is 42.8 Å². The van der Waals surface area contributed by atoms with Gasteiger partial charge in [0, 0.05) is 11.7 Å².